The number of nitrogens with one attached hydrogen (secondary N) is 1. The minimum atomic E-state index is -0.333. The molecule has 0 bridgehead atoms. The van der Waals surface area contributed by atoms with Gasteiger partial charge in [-0.05, 0) is 26.0 Å². The van der Waals surface area contributed by atoms with Crippen molar-refractivity contribution in [2.24, 2.45) is 5.73 Å². The molecular formula is C11H18N2O2. The fourth-order valence-electron chi connectivity index (χ4n) is 1.18. The highest BCUT2D eigenvalue weighted by Crippen LogP contribution is 2.05. The summed E-state index contributed by atoms with van der Waals surface area (Å²) < 4.78 is 5.14. The molecule has 0 unspecified atom stereocenters. The van der Waals surface area contributed by atoms with Crippen molar-refractivity contribution in [3.8, 4) is 0 Å². The zero-order chi connectivity index (χ0) is 11.3. The molecule has 4 nitrogen and oxygen atoms in total. The van der Waals surface area contributed by atoms with E-state index >= 15 is 0 Å². The van der Waals surface area contributed by atoms with Gasteiger partial charge in [-0.1, -0.05) is 0 Å². The fourth-order valence-corrected chi connectivity index (χ4v) is 1.18. The molecule has 0 aromatic carbocycles. The van der Waals surface area contributed by atoms with Crippen molar-refractivity contribution in [1.29, 1.82) is 0 Å². The van der Waals surface area contributed by atoms with E-state index in [2.05, 4.69) is 5.32 Å². The van der Waals surface area contributed by atoms with Crippen molar-refractivity contribution < 1.29 is 9.21 Å². The van der Waals surface area contributed by atoms with Gasteiger partial charge in [-0.15, -0.1) is 0 Å². The Balaban J connectivity index is 2.31. The summed E-state index contributed by atoms with van der Waals surface area (Å²) in [6.07, 6.45) is 2.66. The van der Waals surface area contributed by atoms with Gasteiger partial charge in [0.2, 0.25) is 5.91 Å². The highest BCUT2D eigenvalue weighted by Gasteiger charge is 2.17. The minimum Gasteiger partial charge on any atom is -0.469 e. The van der Waals surface area contributed by atoms with Gasteiger partial charge in [0.05, 0.1) is 6.26 Å². The van der Waals surface area contributed by atoms with Gasteiger partial charge < -0.3 is 15.5 Å². The lowest BCUT2D eigenvalue weighted by Crippen LogP contribution is -2.48. The van der Waals surface area contributed by atoms with Crippen LogP contribution in [0.4, 0.5) is 0 Å². The second kappa shape index (κ2) is 4.98. The average Bonchev–Trinajstić information content (AvgIpc) is 2.66. The van der Waals surface area contributed by atoms with Crippen molar-refractivity contribution in [3.63, 3.8) is 0 Å². The maximum Gasteiger partial charge on any atom is 0.220 e. The molecule has 0 saturated heterocycles. The Bertz CT molecular complexity index is 304. The molecule has 0 atom stereocenters. The van der Waals surface area contributed by atoms with E-state index in [0.717, 1.165) is 5.76 Å². The summed E-state index contributed by atoms with van der Waals surface area (Å²) in [6, 6.07) is 3.68. The second-order valence-corrected chi connectivity index (χ2v) is 4.22. The first-order valence-corrected chi connectivity index (χ1v) is 5.07. The van der Waals surface area contributed by atoms with E-state index in [1.165, 1.54) is 0 Å². The van der Waals surface area contributed by atoms with E-state index < -0.39 is 0 Å². The van der Waals surface area contributed by atoms with Gasteiger partial charge in [0.15, 0.2) is 0 Å². The van der Waals surface area contributed by atoms with Crippen molar-refractivity contribution in [2.45, 2.75) is 32.2 Å². The quantitative estimate of drug-likeness (QED) is 0.763. The van der Waals surface area contributed by atoms with Crippen LogP contribution in [0.25, 0.3) is 0 Å². The predicted octanol–water partition coefficient (Wildman–Crippen LogP) is 1.07. The third-order valence-corrected chi connectivity index (χ3v) is 2.17. The van der Waals surface area contributed by atoms with Crippen LogP contribution >= 0.6 is 0 Å². The Morgan fingerprint density at radius 3 is 2.87 bits per heavy atom. The monoisotopic (exact) mass is 210 g/mol. The van der Waals surface area contributed by atoms with E-state index in [9.17, 15) is 4.79 Å². The van der Waals surface area contributed by atoms with Crippen LogP contribution in [0.1, 0.15) is 26.0 Å². The van der Waals surface area contributed by atoms with Crippen LogP contribution in [0.3, 0.4) is 0 Å². The molecule has 4 heteroatoms. The topological polar surface area (TPSA) is 68.3 Å². The number of carbonyl (C=O) groups excluding carboxylic acids is 1. The molecule has 0 spiro atoms. The fraction of sp³-hybridized carbons (Fsp3) is 0.545. The van der Waals surface area contributed by atoms with Gasteiger partial charge in [0.1, 0.15) is 5.76 Å². The molecule has 1 aromatic heterocycles. The first kappa shape index (κ1) is 11.8. The Morgan fingerprint density at radius 1 is 1.60 bits per heavy atom. The SMILES string of the molecule is CC(C)(CN)NC(=O)CCc1ccco1. The lowest BCUT2D eigenvalue weighted by molar-refractivity contribution is -0.122. The highest BCUT2D eigenvalue weighted by molar-refractivity contribution is 5.76. The highest BCUT2D eigenvalue weighted by atomic mass is 16.3. The molecule has 0 saturated carbocycles. The standard InChI is InChI=1S/C11H18N2O2/c1-11(2,8-12)13-10(14)6-5-9-4-3-7-15-9/h3-4,7H,5-6,8,12H2,1-2H3,(H,13,14). The molecule has 15 heavy (non-hydrogen) atoms. The van der Waals surface area contributed by atoms with Crippen LogP contribution in [0.15, 0.2) is 22.8 Å². The lowest BCUT2D eigenvalue weighted by Gasteiger charge is -2.24. The molecule has 0 aliphatic carbocycles. The van der Waals surface area contributed by atoms with Crippen LogP contribution in [-0.4, -0.2) is 18.0 Å². The summed E-state index contributed by atoms with van der Waals surface area (Å²) in [5, 5.41) is 2.86. The van der Waals surface area contributed by atoms with Crippen LogP contribution in [-0.2, 0) is 11.2 Å². The first-order chi connectivity index (χ1) is 7.03. The number of hydrogen-bond donors (Lipinski definition) is 2. The largest absolute Gasteiger partial charge is 0.469 e. The van der Waals surface area contributed by atoms with E-state index in [1.807, 2.05) is 26.0 Å². The Kier molecular flexibility index (Phi) is 3.91. The third-order valence-electron chi connectivity index (χ3n) is 2.17. The van der Waals surface area contributed by atoms with Crippen molar-refractivity contribution in [1.82, 2.24) is 5.32 Å². The third kappa shape index (κ3) is 4.16. The van der Waals surface area contributed by atoms with Crippen molar-refractivity contribution >= 4 is 5.91 Å². The molecule has 1 rings (SSSR count). The smallest absolute Gasteiger partial charge is 0.220 e. The molecule has 1 heterocycles. The first-order valence-electron chi connectivity index (χ1n) is 5.07. The van der Waals surface area contributed by atoms with Gasteiger partial charge in [-0.25, -0.2) is 0 Å². The zero-order valence-electron chi connectivity index (χ0n) is 9.25. The number of aryl methyl sites for hydroxylation is 1. The molecule has 0 radical (unpaired) electrons. The summed E-state index contributed by atoms with van der Waals surface area (Å²) >= 11 is 0. The second-order valence-electron chi connectivity index (χ2n) is 4.22. The maximum absolute atomic E-state index is 11.5. The van der Waals surface area contributed by atoms with Gasteiger partial charge in [-0.2, -0.15) is 0 Å². The summed E-state index contributed by atoms with van der Waals surface area (Å²) in [5.74, 6) is 0.831. The maximum atomic E-state index is 11.5. The van der Waals surface area contributed by atoms with Crippen LogP contribution in [0, 0.1) is 0 Å². The minimum absolute atomic E-state index is 0.00171. The summed E-state index contributed by atoms with van der Waals surface area (Å²) in [4.78, 5) is 11.5. The zero-order valence-corrected chi connectivity index (χ0v) is 9.25. The number of furan rings is 1. The molecule has 0 fully saturated rings. The average molecular weight is 210 g/mol. The number of amides is 1. The van der Waals surface area contributed by atoms with Gasteiger partial charge in [0, 0.05) is 24.9 Å². The van der Waals surface area contributed by atoms with Gasteiger partial charge in [0.25, 0.3) is 0 Å². The molecule has 1 amide bonds. The van der Waals surface area contributed by atoms with E-state index in [1.54, 1.807) is 6.26 Å². The van der Waals surface area contributed by atoms with Crippen LogP contribution < -0.4 is 11.1 Å². The normalized spacial score (nSPS) is 11.4. The predicted molar refractivity (Wildman–Crippen MR) is 58.3 cm³/mol. The van der Waals surface area contributed by atoms with E-state index in [0.29, 0.717) is 19.4 Å². The van der Waals surface area contributed by atoms with Crippen molar-refractivity contribution in [3.05, 3.63) is 24.2 Å². The summed E-state index contributed by atoms with van der Waals surface area (Å²) in [5.41, 5.74) is 5.18. The van der Waals surface area contributed by atoms with Crippen LogP contribution in [0.2, 0.25) is 0 Å². The summed E-state index contributed by atoms with van der Waals surface area (Å²) in [7, 11) is 0. The van der Waals surface area contributed by atoms with Crippen molar-refractivity contribution in [2.75, 3.05) is 6.54 Å². The molecule has 0 aliphatic heterocycles. The number of hydrogen-bond acceptors (Lipinski definition) is 3. The van der Waals surface area contributed by atoms with Crippen LogP contribution in [0.5, 0.6) is 0 Å². The Morgan fingerprint density at radius 2 is 2.33 bits per heavy atom. The molecule has 3 N–H and O–H groups in total. The number of carbonyl (C=O) groups is 1. The number of nitrogens with two attached hydrogens (primary N) is 1. The van der Waals surface area contributed by atoms with E-state index in [4.69, 9.17) is 10.2 Å². The summed E-state index contributed by atoms with van der Waals surface area (Å²) in [6.45, 7) is 4.23. The number of rotatable bonds is 5. The molecular weight excluding hydrogens is 192 g/mol. The Labute approximate surface area is 89.8 Å². The molecule has 84 valence electrons. The lowest BCUT2D eigenvalue weighted by atomic mass is 10.1. The Hall–Kier alpha value is -1.29. The molecule has 0 aliphatic rings. The molecule has 1 aromatic rings. The van der Waals surface area contributed by atoms with Gasteiger partial charge in [-0.3, -0.25) is 4.79 Å². The van der Waals surface area contributed by atoms with Gasteiger partial charge >= 0.3 is 0 Å². The van der Waals surface area contributed by atoms with E-state index in [-0.39, 0.29) is 11.4 Å².